The number of aromatic nitrogens is 1. The molecule has 2 atom stereocenters. The van der Waals surface area contributed by atoms with E-state index in [4.69, 9.17) is 9.72 Å². The first kappa shape index (κ1) is 33.1. The van der Waals surface area contributed by atoms with Crippen molar-refractivity contribution in [1.29, 1.82) is 0 Å². The lowest BCUT2D eigenvalue weighted by Crippen LogP contribution is -2.53. The summed E-state index contributed by atoms with van der Waals surface area (Å²) < 4.78 is 6.49. The molecule has 2 aromatic rings. The number of fused-ring (bicyclic) bond motifs is 1. The van der Waals surface area contributed by atoms with E-state index in [0.717, 1.165) is 47.6 Å². The first-order valence-corrected chi connectivity index (χ1v) is 16.8. The van der Waals surface area contributed by atoms with Crippen molar-refractivity contribution in [3.05, 3.63) is 40.9 Å². The highest BCUT2D eigenvalue weighted by Crippen LogP contribution is 2.28. The number of thiazole rings is 1. The fraction of sp³-hybridized carbons (Fsp3) is 0.636. The maximum Gasteiger partial charge on any atom is 0.247 e. The van der Waals surface area contributed by atoms with Gasteiger partial charge in [-0.15, -0.1) is 11.3 Å². The predicted octanol–water partition coefficient (Wildman–Crippen LogP) is 4.32. The van der Waals surface area contributed by atoms with Gasteiger partial charge in [0.2, 0.25) is 17.7 Å². The van der Waals surface area contributed by atoms with E-state index >= 15 is 0 Å². The zero-order valence-electron chi connectivity index (χ0n) is 26.1. The Labute approximate surface area is 260 Å². The highest BCUT2D eigenvalue weighted by molar-refractivity contribution is 7.18. The first-order valence-electron chi connectivity index (χ1n) is 16.0. The summed E-state index contributed by atoms with van der Waals surface area (Å²) in [6.45, 7) is 13.8. The molecule has 1 aromatic heterocycles. The third kappa shape index (κ3) is 10.1. The molecule has 9 nitrogen and oxygen atoms in total. The first-order chi connectivity index (χ1) is 20.7. The Bertz CT molecular complexity index is 1250. The van der Waals surface area contributed by atoms with E-state index in [1.54, 1.807) is 18.3 Å². The van der Waals surface area contributed by atoms with Gasteiger partial charge in [-0.05, 0) is 36.0 Å². The van der Waals surface area contributed by atoms with Gasteiger partial charge in [0.25, 0.3) is 0 Å². The second-order valence-electron chi connectivity index (χ2n) is 12.3. The van der Waals surface area contributed by atoms with Crippen LogP contribution in [0, 0.1) is 5.92 Å². The van der Waals surface area contributed by atoms with Crippen molar-refractivity contribution in [2.45, 2.75) is 90.1 Å². The van der Waals surface area contributed by atoms with Crippen LogP contribution in [-0.4, -0.2) is 79.1 Å². The van der Waals surface area contributed by atoms with Crippen molar-refractivity contribution >= 4 is 39.3 Å². The van der Waals surface area contributed by atoms with Crippen LogP contribution in [0.15, 0.2) is 30.4 Å². The van der Waals surface area contributed by atoms with Crippen molar-refractivity contribution in [3.8, 4) is 0 Å². The van der Waals surface area contributed by atoms with Gasteiger partial charge in [-0.2, -0.15) is 0 Å². The number of morpholine rings is 1. The zero-order valence-corrected chi connectivity index (χ0v) is 26.9. The number of hydrogen-bond acceptors (Lipinski definition) is 7. The molecule has 2 heterocycles. The Kier molecular flexibility index (Phi) is 12.5. The number of benzene rings is 1. The minimum Gasteiger partial charge on any atom is -0.379 e. The van der Waals surface area contributed by atoms with Crippen LogP contribution in [0.1, 0.15) is 82.2 Å². The molecule has 1 aliphatic carbocycles. The lowest BCUT2D eigenvalue weighted by molar-refractivity contribution is -0.129. The molecule has 1 aromatic carbocycles. The molecule has 1 saturated heterocycles. The van der Waals surface area contributed by atoms with Gasteiger partial charge in [0.05, 0.1) is 28.4 Å². The highest BCUT2D eigenvalue weighted by Gasteiger charge is 2.27. The van der Waals surface area contributed by atoms with Crippen molar-refractivity contribution in [2.24, 2.45) is 5.92 Å². The molecule has 4 rings (SSSR count). The Balaban J connectivity index is 1.43. The summed E-state index contributed by atoms with van der Waals surface area (Å²) in [7, 11) is 0. The van der Waals surface area contributed by atoms with Gasteiger partial charge in [-0.1, -0.05) is 65.5 Å². The Morgan fingerprint density at radius 1 is 1.12 bits per heavy atom. The molecule has 43 heavy (non-hydrogen) atoms. The van der Waals surface area contributed by atoms with Crippen LogP contribution in [0.5, 0.6) is 0 Å². The molecule has 1 aliphatic heterocycles. The number of nitrogens with zero attached hydrogens (tertiary/aromatic N) is 2. The quantitative estimate of drug-likeness (QED) is 0.275. The normalized spacial score (nSPS) is 17.9. The van der Waals surface area contributed by atoms with E-state index in [9.17, 15) is 14.4 Å². The summed E-state index contributed by atoms with van der Waals surface area (Å²) in [5.41, 5.74) is 2.66. The smallest absolute Gasteiger partial charge is 0.247 e. The SMILES string of the molecule is C=C(CN1CCOCC1)C(=O)NC[C@H](CC1CCCCC1)NC(=O)[C@H](Cc1nc2ccc(C(C)C)cc2s1)NC(=O)CC. The number of carbonyl (C=O) groups is 3. The standard InChI is InChI=1S/C33H49N5O4S/c1-5-30(39)36-28(19-31-37-27-12-11-25(22(2)3)18-29(27)43-31)33(41)35-26(17-24-9-7-6-8-10-24)20-34-32(40)23(4)21-38-13-15-42-16-14-38/h11-12,18,22,24,26,28H,4-10,13-17,19-21H2,1-3H3,(H,34,40)(H,35,41)(H,36,39)/t26-,28-/m0/s1. The fourth-order valence-corrected chi connectivity index (χ4v) is 6.94. The molecular weight excluding hydrogens is 562 g/mol. The van der Waals surface area contributed by atoms with Crippen LogP contribution in [0.3, 0.4) is 0 Å². The molecule has 2 fully saturated rings. The van der Waals surface area contributed by atoms with Gasteiger partial charge in [0.1, 0.15) is 6.04 Å². The van der Waals surface area contributed by atoms with E-state index in [2.05, 4.69) is 53.4 Å². The van der Waals surface area contributed by atoms with E-state index < -0.39 is 6.04 Å². The molecular formula is C33H49N5O4S. The number of nitrogens with one attached hydrogen (secondary N) is 3. The molecule has 0 bridgehead atoms. The predicted molar refractivity (Wildman–Crippen MR) is 172 cm³/mol. The Hall–Kier alpha value is -2.82. The van der Waals surface area contributed by atoms with Crippen LogP contribution in [0.25, 0.3) is 10.2 Å². The second kappa shape index (κ2) is 16.3. The molecule has 1 saturated carbocycles. The summed E-state index contributed by atoms with van der Waals surface area (Å²) in [5.74, 6) is 0.289. The van der Waals surface area contributed by atoms with Gasteiger partial charge in [0, 0.05) is 50.6 Å². The summed E-state index contributed by atoms with van der Waals surface area (Å²) in [6.07, 6.45) is 7.28. The highest BCUT2D eigenvalue weighted by atomic mass is 32.1. The third-order valence-corrected chi connectivity index (χ3v) is 9.55. The molecule has 3 amide bonds. The van der Waals surface area contributed by atoms with Crippen molar-refractivity contribution < 1.29 is 19.1 Å². The van der Waals surface area contributed by atoms with Crippen LogP contribution in [0.4, 0.5) is 0 Å². The second-order valence-corrected chi connectivity index (χ2v) is 13.4. The molecule has 236 valence electrons. The lowest BCUT2D eigenvalue weighted by Gasteiger charge is -2.29. The number of rotatable bonds is 14. The minimum atomic E-state index is -0.751. The molecule has 3 N–H and O–H groups in total. The fourth-order valence-electron chi connectivity index (χ4n) is 5.88. The van der Waals surface area contributed by atoms with E-state index in [-0.39, 0.29) is 30.2 Å². The number of hydrogen-bond donors (Lipinski definition) is 3. The number of amides is 3. The van der Waals surface area contributed by atoms with E-state index in [1.807, 2.05) is 6.07 Å². The van der Waals surface area contributed by atoms with Gasteiger partial charge < -0.3 is 20.7 Å². The van der Waals surface area contributed by atoms with Crippen molar-refractivity contribution in [1.82, 2.24) is 25.8 Å². The molecule has 0 radical (unpaired) electrons. The average molecular weight is 612 g/mol. The monoisotopic (exact) mass is 611 g/mol. The van der Waals surface area contributed by atoms with Gasteiger partial charge in [-0.25, -0.2) is 4.98 Å². The molecule has 0 unspecified atom stereocenters. The Morgan fingerprint density at radius 3 is 2.56 bits per heavy atom. The number of carbonyl (C=O) groups excluding carboxylic acids is 3. The Morgan fingerprint density at radius 2 is 1.86 bits per heavy atom. The van der Waals surface area contributed by atoms with Gasteiger partial charge >= 0.3 is 0 Å². The average Bonchev–Trinajstić information content (AvgIpc) is 3.41. The molecule has 0 spiro atoms. The number of ether oxygens (including phenoxy) is 1. The van der Waals surface area contributed by atoms with E-state index in [1.165, 1.54) is 24.8 Å². The van der Waals surface area contributed by atoms with Crippen LogP contribution >= 0.6 is 11.3 Å². The summed E-state index contributed by atoms with van der Waals surface area (Å²) in [4.78, 5) is 46.1. The molecule has 10 heteroatoms. The van der Waals surface area contributed by atoms with Crippen LogP contribution < -0.4 is 16.0 Å². The topological polar surface area (TPSA) is 113 Å². The van der Waals surface area contributed by atoms with Crippen molar-refractivity contribution in [2.75, 3.05) is 39.4 Å². The zero-order chi connectivity index (χ0) is 30.8. The maximum absolute atomic E-state index is 13.8. The summed E-state index contributed by atoms with van der Waals surface area (Å²) in [6, 6.07) is 5.29. The third-order valence-electron chi connectivity index (χ3n) is 8.51. The largest absolute Gasteiger partial charge is 0.379 e. The minimum absolute atomic E-state index is 0.181. The van der Waals surface area contributed by atoms with Crippen LogP contribution in [0.2, 0.25) is 0 Å². The van der Waals surface area contributed by atoms with Crippen molar-refractivity contribution in [3.63, 3.8) is 0 Å². The summed E-state index contributed by atoms with van der Waals surface area (Å²) in [5, 5.41) is 9.96. The van der Waals surface area contributed by atoms with Gasteiger partial charge in [-0.3, -0.25) is 19.3 Å². The summed E-state index contributed by atoms with van der Waals surface area (Å²) >= 11 is 1.57. The lowest BCUT2D eigenvalue weighted by atomic mass is 9.84. The van der Waals surface area contributed by atoms with Gasteiger partial charge in [0.15, 0.2) is 0 Å². The van der Waals surface area contributed by atoms with E-state index in [0.29, 0.717) is 50.1 Å². The van der Waals surface area contributed by atoms with Crippen LogP contribution in [-0.2, 0) is 25.5 Å². The maximum atomic E-state index is 13.8. The molecule has 2 aliphatic rings.